The molecule has 1 aromatic heterocycles. The Balaban J connectivity index is 1.39. The highest BCUT2D eigenvalue weighted by Gasteiger charge is 2.11. The second kappa shape index (κ2) is 8.79. The summed E-state index contributed by atoms with van der Waals surface area (Å²) in [5, 5.41) is 4.45. The van der Waals surface area contributed by atoms with Crippen molar-refractivity contribution in [2.75, 3.05) is 44.8 Å². The number of benzene rings is 2. The number of rotatable bonds is 7. The largest absolute Gasteiger partial charge is 0.492 e. The van der Waals surface area contributed by atoms with Crippen molar-refractivity contribution in [1.29, 1.82) is 0 Å². The van der Waals surface area contributed by atoms with Crippen molar-refractivity contribution in [2.45, 2.75) is 6.54 Å². The average Bonchev–Trinajstić information content (AvgIpc) is 2.74. The maximum Gasteiger partial charge on any atom is 0.137 e. The van der Waals surface area contributed by atoms with Crippen LogP contribution in [0, 0.1) is 0 Å². The fraction of sp³-hybridized carbons (Fsp3) is 0.333. The first kappa shape index (κ1) is 17.7. The molecule has 27 heavy (non-hydrogen) atoms. The maximum atomic E-state index is 6.06. The van der Waals surface area contributed by atoms with Gasteiger partial charge in [-0.15, -0.1) is 0 Å². The average molecular weight is 364 g/mol. The molecule has 0 saturated carbocycles. The Hall–Kier alpha value is -2.70. The lowest BCUT2D eigenvalue weighted by atomic mass is 10.2. The van der Waals surface area contributed by atoms with Crippen LogP contribution >= 0.6 is 0 Å². The summed E-state index contributed by atoms with van der Waals surface area (Å²) in [5.74, 6) is 1.75. The monoisotopic (exact) mass is 364 g/mol. The summed E-state index contributed by atoms with van der Waals surface area (Å²) in [6.45, 7) is 5.82. The van der Waals surface area contributed by atoms with E-state index in [0.29, 0.717) is 13.2 Å². The summed E-state index contributed by atoms with van der Waals surface area (Å²) < 4.78 is 11.4. The van der Waals surface area contributed by atoms with Gasteiger partial charge in [-0.3, -0.25) is 4.90 Å². The van der Waals surface area contributed by atoms with Crippen LogP contribution in [0.5, 0.6) is 5.75 Å². The molecule has 0 amide bonds. The van der Waals surface area contributed by atoms with E-state index in [4.69, 9.17) is 9.47 Å². The third-order valence-corrected chi connectivity index (χ3v) is 4.73. The molecule has 140 valence electrons. The first-order valence-electron chi connectivity index (χ1n) is 9.34. The lowest BCUT2D eigenvalue weighted by molar-refractivity contribution is 0.0322. The molecule has 0 unspecified atom stereocenters. The number of nitrogens with zero attached hydrogens (tertiary/aromatic N) is 3. The number of hydrogen-bond acceptors (Lipinski definition) is 6. The molecule has 4 rings (SSSR count). The molecule has 6 heteroatoms. The van der Waals surface area contributed by atoms with Crippen molar-refractivity contribution in [3.63, 3.8) is 0 Å². The summed E-state index contributed by atoms with van der Waals surface area (Å²) in [4.78, 5) is 11.1. The van der Waals surface area contributed by atoms with E-state index in [9.17, 15) is 0 Å². The van der Waals surface area contributed by atoms with Gasteiger partial charge in [0.25, 0.3) is 0 Å². The first-order valence-corrected chi connectivity index (χ1v) is 9.34. The summed E-state index contributed by atoms with van der Waals surface area (Å²) in [5.41, 5.74) is 2.05. The van der Waals surface area contributed by atoms with Crippen molar-refractivity contribution < 1.29 is 9.47 Å². The topological polar surface area (TPSA) is 59.5 Å². The van der Waals surface area contributed by atoms with Gasteiger partial charge in [0.1, 0.15) is 24.5 Å². The molecule has 0 radical (unpaired) electrons. The van der Waals surface area contributed by atoms with Crippen molar-refractivity contribution >= 4 is 16.7 Å². The SMILES string of the molecule is c1ccc(OCCN2CCOCC2)c(CNc2ncnc3ccccc23)c1. The van der Waals surface area contributed by atoms with Crippen LogP contribution in [0.4, 0.5) is 5.82 Å². The summed E-state index contributed by atoms with van der Waals surface area (Å²) in [6.07, 6.45) is 1.59. The van der Waals surface area contributed by atoms with Gasteiger partial charge in [0.2, 0.25) is 0 Å². The van der Waals surface area contributed by atoms with E-state index >= 15 is 0 Å². The van der Waals surface area contributed by atoms with Crippen LogP contribution < -0.4 is 10.1 Å². The van der Waals surface area contributed by atoms with Crippen LogP contribution in [0.1, 0.15) is 5.56 Å². The highest BCUT2D eigenvalue weighted by molar-refractivity contribution is 5.88. The number of aromatic nitrogens is 2. The van der Waals surface area contributed by atoms with E-state index in [2.05, 4.69) is 26.3 Å². The number of para-hydroxylation sites is 2. The van der Waals surface area contributed by atoms with E-state index in [-0.39, 0.29) is 0 Å². The zero-order chi connectivity index (χ0) is 18.3. The predicted octanol–water partition coefficient (Wildman–Crippen LogP) is 2.95. The molecule has 0 bridgehead atoms. The summed E-state index contributed by atoms with van der Waals surface area (Å²) >= 11 is 0. The third kappa shape index (κ3) is 4.53. The quantitative estimate of drug-likeness (QED) is 0.696. The van der Waals surface area contributed by atoms with Gasteiger partial charge in [-0.25, -0.2) is 9.97 Å². The molecule has 1 aliphatic heterocycles. The molecular formula is C21H24N4O2. The lowest BCUT2D eigenvalue weighted by Gasteiger charge is -2.26. The summed E-state index contributed by atoms with van der Waals surface area (Å²) in [7, 11) is 0. The van der Waals surface area contributed by atoms with Gasteiger partial charge in [-0.1, -0.05) is 30.3 Å². The second-order valence-corrected chi connectivity index (χ2v) is 6.50. The van der Waals surface area contributed by atoms with Gasteiger partial charge < -0.3 is 14.8 Å². The van der Waals surface area contributed by atoms with E-state index in [1.807, 2.05) is 42.5 Å². The first-order chi connectivity index (χ1) is 13.4. The van der Waals surface area contributed by atoms with E-state index in [0.717, 1.165) is 60.9 Å². The van der Waals surface area contributed by atoms with Crippen LogP contribution in [0.25, 0.3) is 10.9 Å². The van der Waals surface area contributed by atoms with E-state index in [1.54, 1.807) is 6.33 Å². The number of fused-ring (bicyclic) bond motifs is 1. The van der Waals surface area contributed by atoms with Crippen LogP contribution in [0.15, 0.2) is 54.9 Å². The van der Waals surface area contributed by atoms with Crippen LogP contribution in [-0.2, 0) is 11.3 Å². The Bertz CT molecular complexity index is 875. The minimum Gasteiger partial charge on any atom is -0.492 e. The number of anilines is 1. The van der Waals surface area contributed by atoms with E-state index < -0.39 is 0 Å². The molecular weight excluding hydrogens is 340 g/mol. The molecule has 1 saturated heterocycles. The van der Waals surface area contributed by atoms with Crippen LogP contribution in [0.2, 0.25) is 0 Å². The van der Waals surface area contributed by atoms with Crippen LogP contribution in [0.3, 0.4) is 0 Å². The highest BCUT2D eigenvalue weighted by atomic mass is 16.5. The Kier molecular flexibility index (Phi) is 5.76. The number of nitrogens with one attached hydrogen (secondary N) is 1. The lowest BCUT2D eigenvalue weighted by Crippen LogP contribution is -2.38. The molecule has 6 nitrogen and oxygen atoms in total. The molecule has 0 atom stereocenters. The van der Waals surface area contributed by atoms with Gasteiger partial charge in [0, 0.05) is 37.1 Å². The maximum absolute atomic E-state index is 6.06. The van der Waals surface area contributed by atoms with Crippen molar-refractivity contribution in [3.8, 4) is 5.75 Å². The fourth-order valence-electron chi connectivity index (χ4n) is 3.22. The zero-order valence-corrected chi connectivity index (χ0v) is 15.3. The number of hydrogen-bond donors (Lipinski definition) is 1. The van der Waals surface area contributed by atoms with Crippen LogP contribution in [-0.4, -0.2) is 54.3 Å². The number of ether oxygens (including phenoxy) is 2. The standard InChI is InChI=1S/C21H24N4O2/c1-4-8-20(27-14-11-25-9-12-26-13-10-25)17(5-1)15-22-21-18-6-2-3-7-19(18)23-16-24-21/h1-8,16H,9-15H2,(H,22,23,24). The van der Waals surface area contributed by atoms with Crippen molar-refractivity contribution in [3.05, 3.63) is 60.4 Å². The minimum absolute atomic E-state index is 0.648. The number of morpholine rings is 1. The molecule has 1 aliphatic rings. The Labute approximate surface area is 159 Å². The third-order valence-electron chi connectivity index (χ3n) is 4.73. The summed E-state index contributed by atoms with van der Waals surface area (Å²) in [6, 6.07) is 16.1. The fourth-order valence-corrected chi connectivity index (χ4v) is 3.22. The van der Waals surface area contributed by atoms with Gasteiger partial charge in [-0.2, -0.15) is 0 Å². The molecule has 1 N–H and O–H groups in total. The molecule has 0 aliphatic carbocycles. The Morgan fingerprint density at radius 3 is 2.74 bits per heavy atom. The van der Waals surface area contributed by atoms with E-state index in [1.165, 1.54) is 0 Å². The van der Waals surface area contributed by atoms with Gasteiger partial charge in [0.15, 0.2) is 0 Å². The van der Waals surface area contributed by atoms with Gasteiger partial charge in [-0.05, 0) is 18.2 Å². The second-order valence-electron chi connectivity index (χ2n) is 6.50. The van der Waals surface area contributed by atoms with Crippen molar-refractivity contribution in [1.82, 2.24) is 14.9 Å². The predicted molar refractivity (Wildman–Crippen MR) is 106 cm³/mol. The molecule has 1 fully saturated rings. The van der Waals surface area contributed by atoms with Gasteiger partial charge >= 0.3 is 0 Å². The molecule has 3 aromatic rings. The minimum atomic E-state index is 0.648. The molecule has 2 aromatic carbocycles. The zero-order valence-electron chi connectivity index (χ0n) is 15.3. The highest BCUT2D eigenvalue weighted by Crippen LogP contribution is 2.22. The van der Waals surface area contributed by atoms with Gasteiger partial charge in [0.05, 0.1) is 18.7 Å². The van der Waals surface area contributed by atoms with Crippen molar-refractivity contribution in [2.24, 2.45) is 0 Å². The molecule has 0 spiro atoms. The smallest absolute Gasteiger partial charge is 0.137 e. The Morgan fingerprint density at radius 2 is 1.81 bits per heavy atom. The Morgan fingerprint density at radius 1 is 1.00 bits per heavy atom. The molecule has 2 heterocycles. The normalized spacial score (nSPS) is 15.0.